The molecule has 0 bridgehead atoms. The third-order valence-corrected chi connectivity index (χ3v) is 7.51. The highest BCUT2D eigenvalue weighted by molar-refractivity contribution is 5.96. The van der Waals surface area contributed by atoms with Crippen LogP contribution in [0.1, 0.15) is 41.4 Å². The molecule has 246 valence electrons. The van der Waals surface area contributed by atoms with Gasteiger partial charge in [-0.1, -0.05) is 0 Å². The largest absolute Gasteiger partial charge is 0.435 e. The fourth-order valence-corrected chi connectivity index (χ4v) is 5.33. The Morgan fingerprint density at radius 2 is 1.89 bits per heavy atom. The number of rotatable bonds is 10. The number of carbonyl (C=O) groups is 2. The van der Waals surface area contributed by atoms with Crippen LogP contribution in [0.15, 0.2) is 36.9 Å². The lowest BCUT2D eigenvalue weighted by Gasteiger charge is -2.23. The zero-order chi connectivity index (χ0) is 33.2. The predicted octanol–water partition coefficient (Wildman–Crippen LogP) is 4.30. The number of imidazole rings is 1. The average Bonchev–Trinajstić information content (AvgIpc) is 3.60. The summed E-state index contributed by atoms with van der Waals surface area (Å²) < 4.78 is 84.0. The number of nitrogens with zero attached hydrogens (tertiary/aromatic N) is 5. The van der Waals surface area contributed by atoms with Crippen LogP contribution in [0.2, 0.25) is 0 Å². The molecule has 1 aliphatic heterocycles. The van der Waals surface area contributed by atoms with Crippen LogP contribution in [0.3, 0.4) is 0 Å². The Hall–Kier alpha value is -4.67. The minimum Gasteiger partial charge on any atom is -0.354 e. The highest BCUT2D eigenvalue weighted by atomic mass is 19.4. The molecule has 4 aromatic rings. The molecule has 1 atom stereocenters. The van der Waals surface area contributed by atoms with Gasteiger partial charge in [0.15, 0.2) is 17.2 Å². The van der Waals surface area contributed by atoms with Gasteiger partial charge in [0.25, 0.3) is 12.3 Å². The van der Waals surface area contributed by atoms with Gasteiger partial charge < -0.3 is 21.3 Å². The van der Waals surface area contributed by atoms with Crippen LogP contribution < -0.4 is 21.3 Å². The van der Waals surface area contributed by atoms with Crippen LogP contribution in [-0.4, -0.2) is 68.1 Å². The third kappa shape index (κ3) is 7.24. The van der Waals surface area contributed by atoms with Crippen LogP contribution in [0, 0.1) is 18.7 Å². The number of benzene rings is 1. The number of hydrogen-bond acceptors (Lipinski definition) is 7. The Labute approximate surface area is 258 Å². The Morgan fingerprint density at radius 3 is 2.57 bits per heavy atom. The van der Waals surface area contributed by atoms with E-state index in [2.05, 4.69) is 36.3 Å². The molecule has 0 unspecified atom stereocenters. The van der Waals surface area contributed by atoms with Crippen LogP contribution >= 0.6 is 0 Å². The summed E-state index contributed by atoms with van der Waals surface area (Å²) in [6, 6.07) is 2.08. The van der Waals surface area contributed by atoms with Gasteiger partial charge in [0.1, 0.15) is 12.4 Å². The van der Waals surface area contributed by atoms with Crippen molar-refractivity contribution in [2.24, 2.45) is 5.92 Å². The second-order valence-corrected chi connectivity index (χ2v) is 11.0. The maximum absolute atomic E-state index is 15.3. The van der Waals surface area contributed by atoms with Crippen molar-refractivity contribution in [2.45, 2.75) is 51.9 Å². The van der Waals surface area contributed by atoms with E-state index in [0.717, 1.165) is 44.4 Å². The summed E-state index contributed by atoms with van der Waals surface area (Å²) in [5, 5.41) is 14.9. The minimum atomic E-state index is -4.93. The van der Waals surface area contributed by atoms with E-state index in [-0.39, 0.29) is 52.3 Å². The van der Waals surface area contributed by atoms with E-state index in [9.17, 15) is 31.5 Å². The Balaban J connectivity index is 1.32. The molecular weight excluding hydrogens is 620 g/mol. The number of halogens is 6. The Kier molecular flexibility index (Phi) is 9.50. The molecule has 11 nitrogen and oxygen atoms in total. The third-order valence-electron chi connectivity index (χ3n) is 7.51. The van der Waals surface area contributed by atoms with Crippen molar-refractivity contribution in [3.63, 3.8) is 0 Å². The molecule has 3 aromatic heterocycles. The number of nitrogens with one attached hydrogen (secondary N) is 4. The number of fused-ring (bicyclic) bond motifs is 1. The number of amides is 2. The highest BCUT2D eigenvalue weighted by Gasteiger charge is 2.38. The quantitative estimate of drug-likeness (QED) is 0.188. The van der Waals surface area contributed by atoms with E-state index in [4.69, 9.17) is 0 Å². The van der Waals surface area contributed by atoms with Gasteiger partial charge in [-0.15, -0.1) is 0 Å². The van der Waals surface area contributed by atoms with Gasteiger partial charge in [-0.25, -0.2) is 23.1 Å². The second-order valence-electron chi connectivity index (χ2n) is 11.0. The first-order valence-electron chi connectivity index (χ1n) is 14.4. The molecular formula is C29H31F6N9O2. The summed E-state index contributed by atoms with van der Waals surface area (Å²) in [4.78, 5) is 33.7. The normalized spacial score (nSPS) is 14.9. The van der Waals surface area contributed by atoms with Crippen LogP contribution in [0.25, 0.3) is 16.9 Å². The van der Waals surface area contributed by atoms with Crippen molar-refractivity contribution in [2.75, 3.05) is 25.0 Å². The molecule has 46 heavy (non-hydrogen) atoms. The molecule has 5 rings (SSSR count). The summed E-state index contributed by atoms with van der Waals surface area (Å²) in [5.41, 5.74) is -1.57. The van der Waals surface area contributed by atoms with Gasteiger partial charge >= 0.3 is 6.18 Å². The monoisotopic (exact) mass is 651 g/mol. The summed E-state index contributed by atoms with van der Waals surface area (Å²) in [6.45, 7) is 3.90. The van der Waals surface area contributed by atoms with Gasteiger partial charge in [0.2, 0.25) is 5.91 Å². The Bertz CT molecular complexity index is 1710. The summed E-state index contributed by atoms with van der Waals surface area (Å²) in [5.74, 6) is -1.64. The Morgan fingerprint density at radius 1 is 1.15 bits per heavy atom. The van der Waals surface area contributed by atoms with Gasteiger partial charge in [0, 0.05) is 42.8 Å². The van der Waals surface area contributed by atoms with E-state index < -0.39 is 48.2 Å². The van der Waals surface area contributed by atoms with Gasteiger partial charge in [-0.2, -0.15) is 18.3 Å². The van der Waals surface area contributed by atoms with E-state index in [0.29, 0.717) is 4.68 Å². The molecule has 4 N–H and O–H groups in total. The average molecular weight is 652 g/mol. The maximum atomic E-state index is 15.3. The molecule has 1 aromatic carbocycles. The molecule has 0 radical (unpaired) electrons. The van der Waals surface area contributed by atoms with Crippen molar-refractivity contribution in [3.05, 3.63) is 59.6 Å². The van der Waals surface area contributed by atoms with Gasteiger partial charge in [0.05, 0.1) is 23.0 Å². The second kappa shape index (κ2) is 13.4. The molecule has 1 aliphatic rings. The van der Waals surface area contributed by atoms with Crippen molar-refractivity contribution < 1.29 is 35.9 Å². The van der Waals surface area contributed by atoms with Crippen LogP contribution in [0.5, 0.6) is 0 Å². The lowest BCUT2D eigenvalue weighted by molar-refractivity contribution is -0.141. The van der Waals surface area contributed by atoms with Crippen LogP contribution in [-0.2, 0) is 17.5 Å². The number of aryl methyl sites for hydroxylation is 1. The number of carbonyl (C=O) groups excluding carboxylic acids is 2. The maximum Gasteiger partial charge on any atom is 0.435 e. The molecule has 0 saturated carbocycles. The zero-order valence-electron chi connectivity index (χ0n) is 24.8. The van der Waals surface area contributed by atoms with E-state index in [1.54, 1.807) is 6.92 Å². The van der Waals surface area contributed by atoms with Crippen molar-refractivity contribution >= 4 is 29.0 Å². The zero-order valence-corrected chi connectivity index (χ0v) is 24.8. The molecule has 2 amide bonds. The fraction of sp³-hybridized carbons (Fsp3) is 0.414. The summed E-state index contributed by atoms with van der Waals surface area (Å²) in [7, 11) is 0. The van der Waals surface area contributed by atoms with E-state index >= 15 is 4.39 Å². The highest BCUT2D eigenvalue weighted by Crippen LogP contribution is 2.37. The van der Waals surface area contributed by atoms with Crippen molar-refractivity contribution in [1.82, 2.24) is 40.1 Å². The topological polar surface area (TPSA) is 130 Å². The van der Waals surface area contributed by atoms with Crippen molar-refractivity contribution in [3.8, 4) is 11.3 Å². The number of anilines is 2. The first-order chi connectivity index (χ1) is 21.8. The minimum absolute atomic E-state index is 0.0522. The number of piperidine rings is 1. The molecule has 4 heterocycles. The lowest BCUT2D eigenvalue weighted by Crippen LogP contribution is -2.45. The number of hydrogen-bond donors (Lipinski definition) is 4. The first-order valence-corrected chi connectivity index (χ1v) is 14.4. The predicted molar refractivity (Wildman–Crippen MR) is 155 cm³/mol. The standard InChI is InChI=1S/C29H31F6N9O2/c1-15-9-18(10-20(30)23(15)28(46)40-16(2)11-39-27(45)17-3-5-36-6-4-17)41-25-26-38-12-21(44(26)8-7-37-25)19-13-43(14-22(31)32)42-24(19)29(33,34)35/h7-10,12-13,16-17,22,36H,3-6,11,14H2,1-2H3,(H,37,41)(H,39,45)(H,40,46)/t16-/m1/s1. The summed E-state index contributed by atoms with van der Waals surface area (Å²) in [6.07, 6.45) is -1.78. The van der Waals surface area contributed by atoms with Crippen molar-refractivity contribution in [1.29, 1.82) is 0 Å². The molecule has 0 spiro atoms. The lowest BCUT2D eigenvalue weighted by atomic mass is 9.97. The smallest absolute Gasteiger partial charge is 0.354 e. The summed E-state index contributed by atoms with van der Waals surface area (Å²) >= 11 is 0. The van der Waals surface area contributed by atoms with E-state index in [1.165, 1.54) is 29.8 Å². The number of alkyl halides is 5. The fourth-order valence-electron chi connectivity index (χ4n) is 5.33. The molecule has 0 aliphatic carbocycles. The molecule has 17 heteroatoms. The van der Waals surface area contributed by atoms with Gasteiger partial charge in [-0.05, 0) is 57.5 Å². The molecule has 1 fully saturated rings. The SMILES string of the molecule is Cc1cc(Nc2nccn3c(-c4cn(CC(F)F)nc4C(F)(F)F)cnc23)cc(F)c1C(=O)N[C@H](C)CNC(=O)C1CCNCC1. The van der Waals surface area contributed by atoms with E-state index in [1.807, 2.05) is 0 Å². The van der Waals surface area contributed by atoms with Gasteiger partial charge in [-0.3, -0.25) is 18.7 Å². The van der Waals surface area contributed by atoms with Crippen LogP contribution in [0.4, 0.5) is 37.8 Å². The molecule has 1 saturated heterocycles. The number of aromatic nitrogens is 5. The first kappa shape index (κ1) is 32.7.